The minimum Gasteiger partial charge on any atom is -0.346 e. The zero-order chi connectivity index (χ0) is 14.3. The second-order valence-electron chi connectivity index (χ2n) is 6.69. The van der Waals surface area contributed by atoms with Crippen molar-refractivity contribution in [2.45, 2.75) is 57.0 Å². The standard InChI is InChI=1S/C18H25NO2/c1-2-15-12-17-18(20-10-11-21-18)9-8-16(15)19(17)13-14-6-4-3-5-7-14/h3-7,15-17H,2,8-13H2,1H3/t15?,16-,17-/m1/s1. The van der Waals surface area contributed by atoms with Gasteiger partial charge < -0.3 is 9.47 Å². The number of hydrogen-bond donors (Lipinski definition) is 0. The van der Waals surface area contributed by atoms with Gasteiger partial charge in [-0.1, -0.05) is 43.7 Å². The first-order valence-electron chi connectivity index (χ1n) is 8.40. The number of hydrogen-bond acceptors (Lipinski definition) is 3. The quantitative estimate of drug-likeness (QED) is 0.852. The number of benzene rings is 1. The third kappa shape index (κ3) is 2.23. The second-order valence-corrected chi connectivity index (χ2v) is 6.69. The topological polar surface area (TPSA) is 21.7 Å². The molecule has 0 radical (unpaired) electrons. The highest BCUT2D eigenvalue weighted by Crippen LogP contribution is 2.49. The van der Waals surface area contributed by atoms with Crippen molar-refractivity contribution in [3.05, 3.63) is 35.9 Å². The van der Waals surface area contributed by atoms with Gasteiger partial charge in [-0.15, -0.1) is 0 Å². The van der Waals surface area contributed by atoms with Crippen molar-refractivity contribution in [3.8, 4) is 0 Å². The van der Waals surface area contributed by atoms with Crippen LogP contribution >= 0.6 is 0 Å². The predicted octanol–water partition coefficient (Wildman–Crippen LogP) is 3.19. The Morgan fingerprint density at radius 3 is 2.67 bits per heavy atom. The summed E-state index contributed by atoms with van der Waals surface area (Å²) < 4.78 is 12.2. The lowest BCUT2D eigenvalue weighted by Crippen LogP contribution is -2.56. The molecule has 0 aromatic heterocycles. The van der Waals surface area contributed by atoms with Crippen molar-refractivity contribution in [1.82, 2.24) is 4.90 Å². The van der Waals surface area contributed by atoms with Gasteiger partial charge in [-0.3, -0.25) is 4.90 Å². The first-order chi connectivity index (χ1) is 10.3. The number of ether oxygens (including phenoxy) is 2. The summed E-state index contributed by atoms with van der Waals surface area (Å²) in [6, 6.07) is 12.0. The molecule has 2 bridgehead atoms. The van der Waals surface area contributed by atoms with Crippen LogP contribution in [0, 0.1) is 5.92 Å². The molecule has 1 spiro atoms. The molecule has 3 aliphatic rings. The number of rotatable bonds is 3. The van der Waals surface area contributed by atoms with Crippen molar-refractivity contribution in [2.75, 3.05) is 13.2 Å². The van der Waals surface area contributed by atoms with Crippen LogP contribution in [0.25, 0.3) is 0 Å². The monoisotopic (exact) mass is 287 g/mol. The van der Waals surface area contributed by atoms with Crippen LogP contribution < -0.4 is 0 Å². The van der Waals surface area contributed by atoms with Crippen LogP contribution in [0.15, 0.2) is 30.3 Å². The van der Waals surface area contributed by atoms with E-state index in [9.17, 15) is 0 Å². The van der Waals surface area contributed by atoms with E-state index in [1.165, 1.54) is 24.8 Å². The summed E-state index contributed by atoms with van der Waals surface area (Å²) in [6.45, 7) is 4.88. The van der Waals surface area contributed by atoms with E-state index >= 15 is 0 Å². The number of piperidine rings is 1. The molecule has 4 rings (SSSR count). The van der Waals surface area contributed by atoms with Crippen molar-refractivity contribution >= 4 is 0 Å². The highest BCUT2D eigenvalue weighted by Gasteiger charge is 2.57. The van der Waals surface area contributed by atoms with Crippen molar-refractivity contribution in [1.29, 1.82) is 0 Å². The molecule has 1 aromatic carbocycles. The molecule has 0 amide bonds. The fourth-order valence-electron chi connectivity index (χ4n) is 4.70. The molecule has 1 aromatic rings. The average molecular weight is 287 g/mol. The summed E-state index contributed by atoms with van der Waals surface area (Å²) in [5, 5.41) is 0. The molecule has 0 aliphatic carbocycles. The lowest BCUT2D eigenvalue weighted by molar-refractivity contribution is -0.220. The Balaban J connectivity index is 1.62. The maximum absolute atomic E-state index is 6.11. The van der Waals surface area contributed by atoms with E-state index in [4.69, 9.17) is 9.47 Å². The van der Waals surface area contributed by atoms with Gasteiger partial charge in [-0.05, 0) is 24.3 Å². The molecular formula is C18H25NO2. The van der Waals surface area contributed by atoms with Crippen LogP contribution in [0.4, 0.5) is 0 Å². The smallest absolute Gasteiger partial charge is 0.184 e. The lowest BCUT2D eigenvalue weighted by atomic mass is 9.93. The summed E-state index contributed by atoms with van der Waals surface area (Å²) in [4.78, 5) is 2.68. The molecule has 114 valence electrons. The maximum Gasteiger partial charge on any atom is 0.184 e. The Labute approximate surface area is 127 Å². The molecule has 3 saturated heterocycles. The van der Waals surface area contributed by atoms with Crippen LogP contribution in [0.5, 0.6) is 0 Å². The van der Waals surface area contributed by atoms with Gasteiger partial charge in [0.25, 0.3) is 0 Å². The fraction of sp³-hybridized carbons (Fsp3) is 0.667. The largest absolute Gasteiger partial charge is 0.346 e. The summed E-state index contributed by atoms with van der Waals surface area (Å²) in [7, 11) is 0. The van der Waals surface area contributed by atoms with Crippen molar-refractivity contribution in [3.63, 3.8) is 0 Å². The average Bonchev–Trinajstić information content (AvgIpc) is 3.07. The van der Waals surface area contributed by atoms with E-state index in [0.717, 1.165) is 32.1 Å². The van der Waals surface area contributed by atoms with E-state index in [1.54, 1.807) is 0 Å². The molecule has 3 aliphatic heterocycles. The van der Waals surface area contributed by atoms with Gasteiger partial charge in [0.05, 0.1) is 19.3 Å². The van der Waals surface area contributed by atoms with Gasteiger partial charge in [0.15, 0.2) is 5.79 Å². The van der Waals surface area contributed by atoms with Crippen LogP contribution in [0.1, 0.15) is 38.2 Å². The second kappa shape index (κ2) is 5.38. The normalized spacial score (nSPS) is 34.6. The fourth-order valence-corrected chi connectivity index (χ4v) is 4.70. The minimum atomic E-state index is -0.310. The van der Waals surface area contributed by atoms with Crippen LogP contribution in [-0.2, 0) is 16.0 Å². The molecule has 3 heterocycles. The van der Waals surface area contributed by atoms with Gasteiger partial charge in [-0.2, -0.15) is 0 Å². The Kier molecular flexibility index (Phi) is 3.52. The minimum absolute atomic E-state index is 0.310. The van der Waals surface area contributed by atoms with E-state index in [-0.39, 0.29) is 5.79 Å². The molecule has 3 atom stereocenters. The van der Waals surface area contributed by atoms with Crippen LogP contribution in [0.3, 0.4) is 0 Å². The van der Waals surface area contributed by atoms with Gasteiger partial charge in [0, 0.05) is 19.0 Å². The molecule has 3 nitrogen and oxygen atoms in total. The lowest BCUT2D eigenvalue weighted by Gasteiger charge is -2.45. The highest BCUT2D eigenvalue weighted by atomic mass is 16.7. The van der Waals surface area contributed by atoms with Gasteiger partial charge in [0.2, 0.25) is 0 Å². The number of fused-ring (bicyclic) bond motifs is 3. The zero-order valence-corrected chi connectivity index (χ0v) is 12.8. The molecule has 0 N–H and O–H groups in total. The van der Waals surface area contributed by atoms with Crippen LogP contribution in [0.2, 0.25) is 0 Å². The molecule has 0 saturated carbocycles. The van der Waals surface area contributed by atoms with Gasteiger partial charge in [-0.25, -0.2) is 0 Å². The Morgan fingerprint density at radius 2 is 1.95 bits per heavy atom. The summed E-state index contributed by atoms with van der Waals surface area (Å²) >= 11 is 0. The molecular weight excluding hydrogens is 262 g/mol. The van der Waals surface area contributed by atoms with Gasteiger partial charge in [0.1, 0.15) is 0 Å². The molecule has 1 unspecified atom stereocenters. The Morgan fingerprint density at radius 1 is 1.19 bits per heavy atom. The van der Waals surface area contributed by atoms with E-state index < -0.39 is 0 Å². The number of nitrogens with zero attached hydrogens (tertiary/aromatic N) is 1. The van der Waals surface area contributed by atoms with Crippen molar-refractivity contribution in [2.24, 2.45) is 5.92 Å². The zero-order valence-electron chi connectivity index (χ0n) is 12.8. The first-order valence-corrected chi connectivity index (χ1v) is 8.40. The third-order valence-electron chi connectivity index (χ3n) is 5.70. The molecule has 21 heavy (non-hydrogen) atoms. The highest BCUT2D eigenvalue weighted by molar-refractivity contribution is 5.17. The maximum atomic E-state index is 6.11. The van der Waals surface area contributed by atoms with E-state index in [0.29, 0.717) is 12.1 Å². The SMILES string of the molecule is CCC1C[C@H]2N(Cc3ccccc3)[C@@H]1CCC21OCCO1. The Hall–Kier alpha value is -0.900. The summed E-state index contributed by atoms with van der Waals surface area (Å²) in [5.74, 6) is 0.487. The van der Waals surface area contributed by atoms with E-state index in [2.05, 4.69) is 42.2 Å². The predicted molar refractivity (Wildman–Crippen MR) is 81.8 cm³/mol. The summed E-state index contributed by atoms with van der Waals surface area (Å²) in [6.07, 6.45) is 4.78. The molecule has 3 fully saturated rings. The van der Waals surface area contributed by atoms with Crippen LogP contribution in [-0.4, -0.2) is 36.0 Å². The molecule has 3 heteroatoms. The first kappa shape index (κ1) is 13.7. The van der Waals surface area contributed by atoms with Gasteiger partial charge >= 0.3 is 0 Å². The van der Waals surface area contributed by atoms with E-state index in [1.807, 2.05) is 0 Å². The van der Waals surface area contributed by atoms with Crippen molar-refractivity contribution < 1.29 is 9.47 Å². The summed E-state index contributed by atoms with van der Waals surface area (Å²) in [5.41, 5.74) is 1.40. The third-order valence-corrected chi connectivity index (χ3v) is 5.70. The Bertz CT molecular complexity index is 483.